The molecule has 3 aromatic rings. The first-order valence-electron chi connectivity index (χ1n) is 13.5. The standard InChI is InChI=1S/C31H39N3O4S/c1-4-5-6-7-8-12-21-38-29-19-16-27(17-20-29)23-32-33-31(35)24-34(28-18-15-25(2)26(3)22-28)39(36,37)30-13-10-9-11-14-30/h9-11,13-20,22-23H,4-8,12,21,24H2,1-3H3,(H,33,35)/b32-23-. The maximum atomic E-state index is 13.4. The molecule has 1 N–H and O–H groups in total. The molecule has 39 heavy (non-hydrogen) atoms. The quantitative estimate of drug-likeness (QED) is 0.135. The summed E-state index contributed by atoms with van der Waals surface area (Å²) < 4.78 is 33.8. The van der Waals surface area contributed by atoms with E-state index in [2.05, 4.69) is 17.5 Å². The van der Waals surface area contributed by atoms with Gasteiger partial charge in [0.05, 0.1) is 23.4 Å². The predicted octanol–water partition coefficient (Wildman–Crippen LogP) is 6.39. The lowest BCUT2D eigenvalue weighted by molar-refractivity contribution is -0.119. The van der Waals surface area contributed by atoms with Gasteiger partial charge < -0.3 is 4.74 Å². The Morgan fingerprint density at radius 1 is 0.897 bits per heavy atom. The number of unbranched alkanes of at least 4 members (excludes halogenated alkanes) is 5. The summed E-state index contributed by atoms with van der Waals surface area (Å²) in [5.41, 5.74) is 5.61. The van der Waals surface area contributed by atoms with Crippen LogP contribution in [0.4, 0.5) is 5.69 Å². The van der Waals surface area contributed by atoms with Crippen molar-refractivity contribution in [2.24, 2.45) is 5.10 Å². The monoisotopic (exact) mass is 549 g/mol. The average molecular weight is 550 g/mol. The Bertz CT molecular complexity index is 1320. The molecular formula is C31H39N3O4S. The van der Waals surface area contributed by atoms with Gasteiger partial charge in [-0.15, -0.1) is 0 Å². The Morgan fingerprint density at radius 2 is 1.59 bits per heavy atom. The lowest BCUT2D eigenvalue weighted by atomic mass is 10.1. The number of carbonyl (C=O) groups excluding carboxylic acids is 1. The SMILES string of the molecule is CCCCCCCCOc1ccc(/C=N\NC(=O)CN(c2ccc(C)c(C)c2)S(=O)(=O)c2ccccc2)cc1. The lowest BCUT2D eigenvalue weighted by Gasteiger charge is -2.24. The van der Waals surface area contributed by atoms with E-state index >= 15 is 0 Å². The number of nitrogens with zero attached hydrogens (tertiary/aromatic N) is 2. The summed E-state index contributed by atoms with van der Waals surface area (Å²) in [5.74, 6) is 0.239. The van der Waals surface area contributed by atoms with Gasteiger partial charge in [-0.3, -0.25) is 9.10 Å². The highest BCUT2D eigenvalue weighted by Crippen LogP contribution is 2.25. The highest BCUT2D eigenvalue weighted by atomic mass is 32.2. The zero-order valence-electron chi connectivity index (χ0n) is 23.1. The Hall–Kier alpha value is -3.65. The van der Waals surface area contributed by atoms with Crippen molar-refractivity contribution < 1.29 is 17.9 Å². The smallest absolute Gasteiger partial charge is 0.264 e. The third-order valence-corrected chi connectivity index (χ3v) is 8.23. The molecule has 0 atom stereocenters. The molecule has 3 rings (SSSR count). The van der Waals surface area contributed by atoms with Gasteiger partial charge in [-0.25, -0.2) is 13.8 Å². The number of benzene rings is 3. The molecule has 0 heterocycles. The second kappa shape index (κ2) is 15.1. The first-order chi connectivity index (χ1) is 18.8. The number of sulfonamides is 1. The highest BCUT2D eigenvalue weighted by molar-refractivity contribution is 7.92. The van der Waals surface area contributed by atoms with Crippen LogP contribution in [0.5, 0.6) is 5.75 Å². The van der Waals surface area contributed by atoms with Gasteiger partial charge in [0.2, 0.25) is 0 Å². The van der Waals surface area contributed by atoms with E-state index in [0.29, 0.717) is 12.3 Å². The van der Waals surface area contributed by atoms with Crippen LogP contribution in [0.1, 0.15) is 62.1 Å². The van der Waals surface area contributed by atoms with Crippen molar-refractivity contribution >= 4 is 27.8 Å². The average Bonchev–Trinajstić information content (AvgIpc) is 2.94. The molecule has 0 bridgehead atoms. The van der Waals surface area contributed by atoms with Gasteiger partial charge in [0.25, 0.3) is 15.9 Å². The van der Waals surface area contributed by atoms with Gasteiger partial charge >= 0.3 is 0 Å². The van der Waals surface area contributed by atoms with Gasteiger partial charge in [0.1, 0.15) is 12.3 Å². The Balaban J connectivity index is 1.59. The van der Waals surface area contributed by atoms with Crippen LogP contribution in [0.25, 0.3) is 0 Å². The molecule has 0 aliphatic rings. The first-order valence-corrected chi connectivity index (χ1v) is 14.9. The molecule has 1 amide bonds. The summed E-state index contributed by atoms with van der Waals surface area (Å²) in [6, 6.07) is 20.8. The summed E-state index contributed by atoms with van der Waals surface area (Å²) in [6.07, 6.45) is 8.81. The van der Waals surface area contributed by atoms with Crippen LogP contribution < -0.4 is 14.5 Å². The molecule has 0 saturated heterocycles. The Morgan fingerprint density at radius 3 is 2.28 bits per heavy atom. The molecule has 0 fully saturated rings. The van der Waals surface area contributed by atoms with Crippen LogP contribution in [-0.4, -0.2) is 33.7 Å². The van der Waals surface area contributed by atoms with E-state index in [4.69, 9.17) is 4.74 Å². The van der Waals surface area contributed by atoms with Crippen molar-refractivity contribution in [2.75, 3.05) is 17.5 Å². The van der Waals surface area contributed by atoms with Crippen LogP contribution >= 0.6 is 0 Å². The van der Waals surface area contributed by atoms with E-state index in [1.165, 1.54) is 50.5 Å². The highest BCUT2D eigenvalue weighted by Gasteiger charge is 2.27. The van der Waals surface area contributed by atoms with Crippen LogP contribution in [0.15, 0.2) is 82.8 Å². The number of ether oxygens (including phenoxy) is 1. The molecule has 0 aliphatic carbocycles. The number of aryl methyl sites for hydroxylation is 2. The largest absolute Gasteiger partial charge is 0.494 e. The zero-order valence-corrected chi connectivity index (χ0v) is 23.9. The first kappa shape index (κ1) is 29.9. The molecule has 0 unspecified atom stereocenters. The number of nitrogens with one attached hydrogen (secondary N) is 1. The minimum absolute atomic E-state index is 0.110. The molecule has 0 spiro atoms. The zero-order chi connectivity index (χ0) is 28.1. The Kier molecular flexibility index (Phi) is 11.6. The van der Waals surface area contributed by atoms with Crippen molar-refractivity contribution in [3.8, 4) is 5.75 Å². The van der Waals surface area contributed by atoms with E-state index in [0.717, 1.165) is 33.2 Å². The molecule has 0 aliphatic heterocycles. The molecule has 208 valence electrons. The fourth-order valence-corrected chi connectivity index (χ4v) is 5.42. The van der Waals surface area contributed by atoms with E-state index in [9.17, 15) is 13.2 Å². The summed E-state index contributed by atoms with van der Waals surface area (Å²) in [5, 5.41) is 4.03. The van der Waals surface area contributed by atoms with Gasteiger partial charge in [0, 0.05) is 0 Å². The van der Waals surface area contributed by atoms with Gasteiger partial charge in [-0.2, -0.15) is 5.10 Å². The molecular weight excluding hydrogens is 510 g/mol. The normalized spacial score (nSPS) is 11.5. The van der Waals surface area contributed by atoms with Gasteiger partial charge in [0.15, 0.2) is 0 Å². The topological polar surface area (TPSA) is 88.1 Å². The van der Waals surface area contributed by atoms with Crippen LogP contribution in [0, 0.1) is 13.8 Å². The molecule has 7 nitrogen and oxygen atoms in total. The van der Waals surface area contributed by atoms with E-state index in [1.807, 2.05) is 44.2 Å². The lowest BCUT2D eigenvalue weighted by Crippen LogP contribution is -2.39. The van der Waals surface area contributed by atoms with Crippen molar-refractivity contribution in [3.63, 3.8) is 0 Å². The molecule has 0 radical (unpaired) electrons. The number of anilines is 1. The summed E-state index contributed by atoms with van der Waals surface area (Å²) in [6.45, 7) is 6.35. The van der Waals surface area contributed by atoms with Crippen molar-refractivity contribution in [1.82, 2.24) is 5.43 Å². The summed E-state index contributed by atoms with van der Waals surface area (Å²) in [4.78, 5) is 12.9. The van der Waals surface area contributed by atoms with Gasteiger partial charge in [-0.1, -0.05) is 63.3 Å². The van der Waals surface area contributed by atoms with Gasteiger partial charge in [-0.05, 0) is 85.5 Å². The van der Waals surface area contributed by atoms with Crippen molar-refractivity contribution in [2.45, 2.75) is 64.2 Å². The molecule has 8 heteroatoms. The van der Waals surface area contributed by atoms with Crippen LogP contribution in [0.2, 0.25) is 0 Å². The van der Waals surface area contributed by atoms with E-state index in [-0.39, 0.29) is 4.90 Å². The second-order valence-corrected chi connectivity index (χ2v) is 11.4. The minimum atomic E-state index is -3.97. The van der Waals surface area contributed by atoms with E-state index in [1.54, 1.807) is 30.3 Å². The number of amides is 1. The number of rotatable bonds is 15. The molecule has 0 aromatic heterocycles. The maximum absolute atomic E-state index is 13.4. The van der Waals surface area contributed by atoms with Crippen LogP contribution in [0.3, 0.4) is 0 Å². The maximum Gasteiger partial charge on any atom is 0.264 e. The number of hydrazone groups is 1. The summed E-state index contributed by atoms with van der Waals surface area (Å²) >= 11 is 0. The van der Waals surface area contributed by atoms with E-state index < -0.39 is 22.5 Å². The summed E-state index contributed by atoms with van der Waals surface area (Å²) in [7, 11) is -3.97. The van der Waals surface area contributed by atoms with Crippen LogP contribution in [-0.2, 0) is 14.8 Å². The number of carbonyl (C=O) groups is 1. The molecule has 3 aromatic carbocycles. The third kappa shape index (κ3) is 9.25. The Labute approximate surface area is 233 Å². The second-order valence-electron chi connectivity index (χ2n) is 9.57. The minimum Gasteiger partial charge on any atom is -0.494 e. The number of hydrogen-bond donors (Lipinski definition) is 1. The van der Waals surface area contributed by atoms with Crippen molar-refractivity contribution in [1.29, 1.82) is 0 Å². The molecule has 0 saturated carbocycles. The third-order valence-electron chi connectivity index (χ3n) is 6.45. The van der Waals surface area contributed by atoms with Crippen molar-refractivity contribution in [3.05, 3.63) is 89.5 Å². The predicted molar refractivity (Wildman–Crippen MR) is 158 cm³/mol. The fourth-order valence-electron chi connectivity index (χ4n) is 3.98. The number of hydrogen-bond acceptors (Lipinski definition) is 5. The fraction of sp³-hybridized carbons (Fsp3) is 0.355.